The Bertz CT molecular complexity index is 1110. The number of furan rings is 1. The average molecular weight is 450 g/mol. The van der Waals surface area contributed by atoms with E-state index < -0.39 is 0 Å². The second-order valence-electron chi connectivity index (χ2n) is 8.43. The lowest BCUT2D eigenvalue weighted by Crippen LogP contribution is -2.53. The molecular weight excluding hydrogens is 422 g/mol. The van der Waals surface area contributed by atoms with Crippen molar-refractivity contribution in [2.75, 3.05) is 44.2 Å². The number of carbonyl (C=O) groups is 2. The number of carbonyl (C=O) groups excluding carboxylic acids is 2. The molecule has 0 spiro atoms. The third kappa shape index (κ3) is 4.33. The number of nitrogens with zero attached hydrogens (tertiary/aromatic N) is 7. The van der Waals surface area contributed by atoms with Crippen molar-refractivity contribution < 1.29 is 14.0 Å². The number of amides is 2. The molecule has 3 aromatic heterocycles. The SMILES string of the molecule is Cc1nccn1-c1cc(N2CCC(C(=O)N3CCN(C(=O)c4ccco4)CC3)CC2)ncn1. The molecule has 2 saturated heterocycles. The Morgan fingerprint density at radius 1 is 0.970 bits per heavy atom. The summed E-state index contributed by atoms with van der Waals surface area (Å²) in [5.74, 6) is 2.95. The molecule has 172 valence electrons. The summed E-state index contributed by atoms with van der Waals surface area (Å²) in [6.07, 6.45) is 8.28. The van der Waals surface area contributed by atoms with Gasteiger partial charge in [0.05, 0.1) is 6.26 Å². The Kier molecular flexibility index (Phi) is 5.80. The maximum Gasteiger partial charge on any atom is 0.289 e. The number of anilines is 1. The van der Waals surface area contributed by atoms with Crippen molar-refractivity contribution in [1.82, 2.24) is 29.3 Å². The molecule has 5 heterocycles. The molecule has 0 unspecified atom stereocenters. The lowest BCUT2D eigenvalue weighted by atomic mass is 9.95. The van der Waals surface area contributed by atoms with Gasteiger partial charge in [0, 0.05) is 63.6 Å². The maximum atomic E-state index is 13.1. The van der Waals surface area contributed by atoms with Crippen LogP contribution in [-0.2, 0) is 4.79 Å². The molecule has 10 heteroatoms. The molecule has 0 bridgehead atoms. The van der Waals surface area contributed by atoms with Gasteiger partial charge in [-0.15, -0.1) is 0 Å². The van der Waals surface area contributed by atoms with E-state index in [1.54, 1.807) is 29.6 Å². The van der Waals surface area contributed by atoms with Crippen LogP contribution in [0.5, 0.6) is 0 Å². The summed E-state index contributed by atoms with van der Waals surface area (Å²) in [6.45, 7) is 5.66. The van der Waals surface area contributed by atoms with Gasteiger partial charge in [0.1, 0.15) is 23.8 Å². The fourth-order valence-corrected chi connectivity index (χ4v) is 4.56. The minimum Gasteiger partial charge on any atom is -0.459 e. The van der Waals surface area contributed by atoms with Gasteiger partial charge in [0.2, 0.25) is 5.91 Å². The van der Waals surface area contributed by atoms with E-state index in [0.29, 0.717) is 31.9 Å². The Balaban J connectivity index is 1.15. The smallest absolute Gasteiger partial charge is 0.289 e. The summed E-state index contributed by atoms with van der Waals surface area (Å²) < 4.78 is 7.14. The second-order valence-corrected chi connectivity index (χ2v) is 8.43. The first-order valence-electron chi connectivity index (χ1n) is 11.3. The molecule has 0 aromatic carbocycles. The highest BCUT2D eigenvalue weighted by atomic mass is 16.3. The van der Waals surface area contributed by atoms with Crippen molar-refractivity contribution >= 4 is 17.6 Å². The number of piperazine rings is 1. The first kappa shape index (κ1) is 21.2. The number of piperidine rings is 1. The van der Waals surface area contributed by atoms with Gasteiger partial charge in [-0.25, -0.2) is 15.0 Å². The third-order valence-corrected chi connectivity index (χ3v) is 6.49. The molecule has 10 nitrogen and oxygen atoms in total. The van der Waals surface area contributed by atoms with E-state index in [4.69, 9.17) is 4.42 Å². The van der Waals surface area contributed by atoms with Gasteiger partial charge in [0.15, 0.2) is 5.76 Å². The minimum atomic E-state index is -0.115. The summed E-state index contributed by atoms with van der Waals surface area (Å²) in [5.41, 5.74) is 0. The zero-order chi connectivity index (χ0) is 22.8. The van der Waals surface area contributed by atoms with Crippen LogP contribution in [0.15, 0.2) is 47.6 Å². The first-order chi connectivity index (χ1) is 16.1. The summed E-state index contributed by atoms with van der Waals surface area (Å²) in [6, 6.07) is 5.34. The monoisotopic (exact) mass is 449 g/mol. The van der Waals surface area contributed by atoms with Crippen molar-refractivity contribution in [3.05, 3.63) is 54.8 Å². The number of hydrogen-bond acceptors (Lipinski definition) is 7. The van der Waals surface area contributed by atoms with Crippen LogP contribution in [-0.4, -0.2) is 80.4 Å². The van der Waals surface area contributed by atoms with Gasteiger partial charge in [-0.05, 0) is 31.9 Å². The minimum absolute atomic E-state index is 0.00535. The van der Waals surface area contributed by atoms with Crippen molar-refractivity contribution in [1.29, 1.82) is 0 Å². The van der Waals surface area contributed by atoms with Crippen molar-refractivity contribution in [3.8, 4) is 5.82 Å². The maximum absolute atomic E-state index is 13.1. The van der Waals surface area contributed by atoms with Gasteiger partial charge < -0.3 is 19.1 Å². The van der Waals surface area contributed by atoms with Gasteiger partial charge in [-0.2, -0.15) is 0 Å². The molecule has 2 amide bonds. The van der Waals surface area contributed by atoms with Gasteiger partial charge in [0.25, 0.3) is 5.91 Å². The summed E-state index contributed by atoms with van der Waals surface area (Å²) in [4.78, 5) is 44.5. The normalized spacial score (nSPS) is 17.4. The predicted octanol–water partition coefficient (Wildman–Crippen LogP) is 1.76. The van der Waals surface area contributed by atoms with E-state index in [2.05, 4.69) is 19.9 Å². The molecular formula is C23H27N7O3. The number of aryl methyl sites for hydroxylation is 1. The zero-order valence-electron chi connectivity index (χ0n) is 18.6. The van der Waals surface area contributed by atoms with Crippen LogP contribution in [0.1, 0.15) is 29.2 Å². The van der Waals surface area contributed by atoms with Crippen LogP contribution in [0.2, 0.25) is 0 Å². The Hall–Kier alpha value is -3.69. The molecule has 2 fully saturated rings. The molecule has 5 rings (SSSR count). The second kappa shape index (κ2) is 9.05. The third-order valence-electron chi connectivity index (χ3n) is 6.49. The number of aromatic nitrogens is 4. The summed E-state index contributed by atoms with van der Waals surface area (Å²) in [5, 5.41) is 0. The van der Waals surface area contributed by atoms with E-state index in [1.807, 2.05) is 28.7 Å². The van der Waals surface area contributed by atoms with Crippen molar-refractivity contribution in [2.45, 2.75) is 19.8 Å². The van der Waals surface area contributed by atoms with Crippen LogP contribution < -0.4 is 4.90 Å². The van der Waals surface area contributed by atoms with E-state index in [0.717, 1.165) is 43.4 Å². The van der Waals surface area contributed by atoms with E-state index in [-0.39, 0.29) is 17.7 Å². The lowest BCUT2D eigenvalue weighted by molar-refractivity contribution is -0.137. The van der Waals surface area contributed by atoms with Crippen molar-refractivity contribution in [3.63, 3.8) is 0 Å². The standard InChI is InChI=1S/C23H27N7O3/c1-17-24-6-9-30(17)21-15-20(25-16-26-21)27-7-4-18(5-8-27)22(31)28-10-12-29(13-11-28)23(32)19-3-2-14-33-19/h2-3,6,9,14-16,18H,4-5,7-8,10-13H2,1H3. The molecule has 2 aliphatic rings. The lowest BCUT2D eigenvalue weighted by Gasteiger charge is -2.38. The molecule has 2 aliphatic heterocycles. The average Bonchev–Trinajstić information content (AvgIpc) is 3.56. The first-order valence-corrected chi connectivity index (χ1v) is 11.3. The molecule has 0 radical (unpaired) electrons. The van der Waals surface area contributed by atoms with E-state index in [1.165, 1.54) is 6.26 Å². The summed E-state index contributed by atoms with van der Waals surface area (Å²) in [7, 11) is 0. The molecule has 33 heavy (non-hydrogen) atoms. The highest BCUT2D eigenvalue weighted by Gasteiger charge is 2.32. The number of hydrogen-bond donors (Lipinski definition) is 0. The van der Waals surface area contributed by atoms with Crippen LogP contribution in [0.4, 0.5) is 5.82 Å². The Labute approximate surface area is 191 Å². The molecule has 0 saturated carbocycles. The molecule has 0 atom stereocenters. The van der Waals surface area contributed by atoms with E-state index >= 15 is 0 Å². The van der Waals surface area contributed by atoms with Crippen LogP contribution >= 0.6 is 0 Å². The fraction of sp³-hybridized carbons (Fsp3) is 0.435. The highest BCUT2D eigenvalue weighted by Crippen LogP contribution is 2.25. The van der Waals surface area contributed by atoms with Crippen LogP contribution in [0, 0.1) is 12.8 Å². The molecule has 0 aliphatic carbocycles. The van der Waals surface area contributed by atoms with Crippen LogP contribution in [0.3, 0.4) is 0 Å². The Morgan fingerprint density at radius 3 is 2.36 bits per heavy atom. The fourth-order valence-electron chi connectivity index (χ4n) is 4.56. The van der Waals surface area contributed by atoms with E-state index in [9.17, 15) is 9.59 Å². The quantitative estimate of drug-likeness (QED) is 0.598. The number of rotatable bonds is 4. The number of imidazole rings is 1. The van der Waals surface area contributed by atoms with Crippen LogP contribution in [0.25, 0.3) is 5.82 Å². The van der Waals surface area contributed by atoms with Gasteiger partial charge in [-0.1, -0.05) is 0 Å². The Morgan fingerprint density at radius 2 is 1.70 bits per heavy atom. The highest BCUT2D eigenvalue weighted by molar-refractivity contribution is 5.91. The van der Waals surface area contributed by atoms with Gasteiger partial charge in [-0.3, -0.25) is 14.2 Å². The van der Waals surface area contributed by atoms with Crippen molar-refractivity contribution in [2.24, 2.45) is 5.92 Å². The molecule has 3 aromatic rings. The zero-order valence-corrected chi connectivity index (χ0v) is 18.6. The summed E-state index contributed by atoms with van der Waals surface area (Å²) >= 11 is 0. The largest absolute Gasteiger partial charge is 0.459 e. The predicted molar refractivity (Wildman–Crippen MR) is 120 cm³/mol. The molecule has 0 N–H and O–H groups in total. The van der Waals surface area contributed by atoms with Gasteiger partial charge >= 0.3 is 0 Å². The topological polar surface area (TPSA) is 101 Å².